The zero-order chi connectivity index (χ0) is 26.9. The number of alkyl halides is 3. The maximum atomic E-state index is 12.0. The van der Waals surface area contributed by atoms with Gasteiger partial charge < -0.3 is 15.7 Å². The fourth-order valence-corrected chi connectivity index (χ4v) is 3.55. The van der Waals surface area contributed by atoms with Gasteiger partial charge in [0.25, 0.3) is 0 Å². The number of halogens is 3. The molecule has 3 aromatic rings. The monoisotopic (exact) mass is 525 g/mol. The van der Waals surface area contributed by atoms with Gasteiger partial charge in [-0.3, -0.25) is 0 Å². The number of carboxylic acid groups (broad SMARTS) is 1. The first-order valence-corrected chi connectivity index (χ1v) is 12.1. The van der Waals surface area contributed by atoms with E-state index in [1.54, 1.807) is 24.3 Å². The molecule has 0 spiro atoms. The van der Waals surface area contributed by atoms with Crippen LogP contribution in [-0.2, 0) is 14.8 Å². The minimum absolute atomic E-state index is 0.179. The molecule has 3 rings (SSSR count). The van der Waals surface area contributed by atoms with Crippen molar-refractivity contribution in [2.45, 2.75) is 37.3 Å². The number of hydrogen-bond acceptors (Lipinski definition) is 7. The van der Waals surface area contributed by atoms with Crippen LogP contribution in [0.2, 0.25) is 0 Å². The smallest absolute Gasteiger partial charge is 0.475 e. The third-order valence-corrected chi connectivity index (χ3v) is 6.37. The first kappa shape index (κ1) is 28.5. The molecule has 0 aliphatic rings. The molecule has 0 amide bonds. The molecule has 2 aromatic carbocycles. The van der Waals surface area contributed by atoms with Crippen molar-refractivity contribution in [3.63, 3.8) is 0 Å². The molecule has 0 aliphatic carbocycles. The number of nitrogens with one attached hydrogen (secondary N) is 3. The number of hydrogen-bond donors (Lipinski definition) is 4. The average molecular weight is 526 g/mol. The Bertz CT molecular complexity index is 1270. The molecular formula is C23H26F3N5O4S. The van der Waals surface area contributed by atoms with Crippen molar-refractivity contribution in [1.29, 1.82) is 0 Å². The largest absolute Gasteiger partial charge is 0.490 e. The van der Waals surface area contributed by atoms with E-state index in [1.165, 1.54) is 25.0 Å². The van der Waals surface area contributed by atoms with Gasteiger partial charge in [-0.2, -0.15) is 13.2 Å². The number of anilines is 4. The van der Waals surface area contributed by atoms with Crippen LogP contribution in [0.15, 0.2) is 65.8 Å². The van der Waals surface area contributed by atoms with E-state index in [9.17, 15) is 21.6 Å². The van der Waals surface area contributed by atoms with Gasteiger partial charge in [-0.15, -0.1) is 0 Å². The van der Waals surface area contributed by atoms with Gasteiger partial charge in [0.1, 0.15) is 18.0 Å². The Morgan fingerprint density at radius 1 is 1.00 bits per heavy atom. The summed E-state index contributed by atoms with van der Waals surface area (Å²) in [5.41, 5.74) is 2.85. The summed E-state index contributed by atoms with van der Waals surface area (Å²) in [5, 5.41) is 13.5. The maximum absolute atomic E-state index is 12.0. The number of nitrogens with zero attached hydrogens (tertiary/aromatic N) is 2. The molecule has 0 bridgehead atoms. The number of rotatable bonds is 8. The van der Waals surface area contributed by atoms with Crippen LogP contribution in [-0.4, -0.2) is 42.7 Å². The Kier molecular flexibility index (Phi) is 9.76. The lowest BCUT2D eigenvalue weighted by molar-refractivity contribution is -0.192. The Morgan fingerprint density at radius 3 is 2.06 bits per heavy atom. The predicted molar refractivity (Wildman–Crippen MR) is 130 cm³/mol. The molecule has 0 saturated heterocycles. The maximum Gasteiger partial charge on any atom is 0.490 e. The fraction of sp³-hybridized carbons (Fsp3) is 0.261. The lowest BCUT2D eigenvalue weighted by Gasteiger charge is -2.12. The van der Waals surface area contributed by atoms with Crippen molar-refractivity contribution >= 4 is 39.0 Å². The van der Waals surface area contributed by atoms with Crippen LogP contribution in [0.5, 0.6) is 0 Å². The van der Waals surface area contributed by atoms with E-state index in [-0.39, 0.29) is 4.90 Å². The normalized spacial score (nSPS) is 12.2. The standard InChI is InChI=1S/C21H25N5O2S.C2HF3O2/c1-4-15(2)16-8-10-17(11-9-16)25-20-13-21(24-14-23-20)26-18-6-5-7-19(12-18)29(27,28)22-3;3-2(4,5)1(6)7/h5-15,22H,4H2,1-3H3,(H2,23,24,25,26);(H,6,7). The first-order valence-electron chi connectivity index (χ1n) is 10.7. The van der Waals surface area contributed by atoms with E-state index >= 15 is 0 Å². The van der Waals surface area contributed by atoms with Crippen LogP contribution in [0.3, 0.4) is 0 Å². The summed E-state index contributed by atoms with van der Waals surface area (Å²) in [6.07, 6.45) is -2.53. The topological polar surface area (TPSA) is 133 Å². The summed E-state index contributed by atoms with van der Waals surface area (Å²) in [4.78, 5) is 17.5. The zero-order valence-electron chi connectivity index (χ0n) is 19.7. The molecule has 1 atom stereocenters. The Morgan fingerprint density at radius 2 is 1.56 bits per heavy atom. The fourth-order valence-electron chi connectivity index (χ4n) is 2.78. The van der Waals surface area contributed by atoms with Crippen LogP contribution >= 0.6 is 0 Å². The van der Waals surface area contributed by atoms with Crippen molar-refractivity contribution in [1.82, 2.24) is 14.7 Å². The summed E-state index contributed by atoms with van der Waals surface area (Å²) >= 11 is 0. The summed E-state index contributed by atoms with van der Waals surface area (Å²) in [6.45, 7) is 4.39. The number of carbonyl (C=O) groups is 1. The number of sulfonamides is 1. The van der Waals surface area contributed by atoms with E-state index in [4.69, 9.17) is 9.90 Å². The molecule has 0 fully saturated rings. The Labute approximate surface area is 206 Å². The highest BCUT2D eigenvalue weighted by atomic mass is 32.2. The molecule has 1 heterocycles. The highest BCUT2D eigenvalue weighted by Crippen LogP contribution is 2.24. The van der Waals surface area contributed by atoms with E-state index in [1.807, 2.05) is 12.1 Å². The molecule has 0 aliphatic heterocycles. The molecule has 9 nitrogen and oxygen atoms in total. The number of carboxylic acids is 1. The van der Waals surface area contributed by atoms with Gasteiger partial charge in [0.05, 0.1) is 4.90 Å². The van der Waals surface area contributed by atoms with E-state index in [0.717, 1.165) is 12.1 Å². The summed E-state index contributed by atoms with van der Waals surface area (Å²) < 4.78 is 58.0. The van der Waals surface area contributed by atoms with Crippen molar-refractivity contribution in [2.24, 2.45) is 0 Å². The molecule has 0 saturated carbocycles. The van der Waals surface area contributed by atoms with Crippen molar-refractivity contribution < 1.29 is 31.5 Å². The van der Waals surface area contributed by atoms with Gasteiger partial charge in [0.15, 0.2) is 0 Å². The van der Waals surface area contributed by atoms with Crippen LogP contribution < -0.4 is 15.4 Å². The van der Waals surface area contributed by atoms with Gasteiger partial charge in [0.2, 0.25) is 10.0 Å². The highest BCUT2D eigenvalue weighted by molar-refractivity contribution is 7.89. The zero-order valence-corrected chi connectivity index (χ0v) is 20.5. The summed E-state index contributed by atoms with van der Waals surface area (Å²) in [5.74, 6) is -1.04. The quantitative estimate of drug-likeness (QED) is 0.322. The molecule has 4 N–H and O–H groups in total. The second kappa shape index (κ2) is 12.3. The Hall–Kier alpha value is -3.71. The van der Waals surface area contributed by atoms with Crippen LogP contribution in [0.25, 0.3) is 0 Å². The van der Waals surface area contributed by atoms with Gasteiger partial charge in [-0.25, -0.2) is 27.9 Å². The minimum Gasteiger partial charge on any atom is -0.475 e. The summed E-state index contributed by atoms with van der Waals surface area (Å²) in [6, 6.07) is 16.6. The second-order valence-electron chi connectivity index (χ2n) is 7.51. The molecule has 0 radical (unpaired) electrons. The van der Waals surface area contributed by atoms with E-state index in [0.29, 0.717) is 23.2 Å². The third kappa shape index (κ3) is 8.50. The van der Waals surface area contributed by atoms with Crippen LogP contribution in [0, 0.1) is 0 Å². The number of aromatic nitrogens is 2. The molecule has 194 valence electrons. The lowest BCUT2D eigenvalue weighted by atomic mass is 9.99. The average Bonchev–Trinajstić information content (AvgIpc) is 2.84. The van der Waals surface area contributed by atoms with Crippen molar-refractivity contribution in [3.8, 4) is 0 Å². The highest BCUT2D eigenvalue weighted by Gasteiger charge is 2.38. The van der Waals surface area contributed by atoms with Crippen molar-refractivity contribution in [2.75, 3.05) is 17.7 Å². The number of benzene rings is 2. The SMILES string of the molecule is CCC(C)c1ccc(Nc2cc(Nc3cccc(S(=O)(=O)NC)c3)ncn2)cc1.O=C(O)C(F)(F)F. The first-order chi connectivity index (χ1) is 16.9. The third-order valence-electron chi connectivity index (χ3n) is 4.96. The van der Waals surface area contributed by atoms with Crippen molar-refractivity contribution in [3.05, 3.63) is 66.5 Å². The Balaban J connectivity index is 0.000000572. The molecular weight excluding hydrogens is 499 g/mol. The van der Waals surface area contributed by atoms with E-state index in [2.05, 4.69) is 51.3 Å². The van der Waals surface area contributed by atoms with Gasteiger partial charge in [0, 0.05) is 17.4 Å². The van der Waals surface area contributed by atoms with Gasteiger partial charge >= 0.3 is 12.1 Å². The molecule has 13 heteroatoms. The van der Waals surface area contributed by atoms with Gasteiger partial charge in [-0.05, 0) is 55.3 Å². The van der Waals surface area contributed by atoms with Crippen LogP contribution in [0.4, 0.5) is 36.2 Å². The molecule has 1 aromatic heterocycles. The number of aliphatic carboxylic acids is 1. The predicted octanol–water partition coefficient (Wildman–Crippen LogP) is 5.02. The van der Waals surface area contributed by atoms with E-state index < -0.39 is 22.2 Å². The van der Waals surface area contributed by atoms with Crippen LogP contribution in [0.1, 0.15) is 31.7 Å². The molecule has 36 heavy (non-hydrogen) atoms. The minimum atomic E-state index is -5.08. The molecule has 1 unspecified atom stereocenters. The summed E-state index contributed by atoms with van der Waals surface area (Å²) in [7, 11) is -2.13. The second-order valence-corrected chi connectivity index (χ2v) is 9.39. The van der Waals surface area contributed by atoms with Gasteiger partial charge in [-0.1, -0.05) is 32.0 Å². The lowest BCUT2D eigenvalue weighted by Crippen LogP contribution is -2.21.